The molecule has 4 nitrogen and oxygen atoms in total. The van der Waals surface area contributed by atoms with E-state index in [-0.39, 0.29) is 12.7 Å². The largest absolute Gasteiger partial charge is 0.486 e. The second-order valence-electron chi connectivity index (χ2n) is 3.26. The van der Waals surface area contributed by atoms with Gasteiger partial charge < -0.3 is 20.3 Å². The van der Waals surface area contributed by atoms with Crippen molar-refractivity contribution in [2.45, 2.75) is 12.1 Å². The van der Waals surface area contributed by atoms with E-state index in [4.69, 9.17) is 20.3 Å². The van der Waals surface area contributed by atoms with Crippen LogP contribution in [0.1, 0.15) is 0 Å². The Morgan fingerprint density at radius 2 is 2.14 bits per heavy atom. The zero-order valence-corrected chi connectivity index (χ0v) is 7.72. The zero-order chi connectivity index (χ0) is 9.97. The highest BCUT2D eigenvalue weighted by Crippen LogP contribution is 2.31. The van der Waals surface area contributed by atoms with Gasteiger partial charge in [-0.3, -0.25) is 0 Å². The predicted molar refractivity (Wildman–Crippen MR) is 51.4 cm³/mol. The summed E-state index contributed by atoms with van der Waals surface area (Å²) in [4.78, 5) is 0. The Bertz CT molecular complexity index is 316. The van der Waals surface area contributed by atoms with Gasteiger partial charge in [0.15, 0.2) is 11.5 Å². The highest BCUT2D eigenvalue weighted by atomic mass is 16.6. The number of benzene rings is 1. The Morgan fingerprint density at radius 1 is 1.43 bits per heavy atom. The molecule has 2 atom stereocenters. The summed E-state index contributed by atoms with van der Waals surface area (Å²) in [6.07, 6.45) is -0.269. The summed E-state index contributed by atoms with van der Waals surface area (Å²) >= 11 is 0. The summed E-state index contributed by atoms with van der Waals surface area (Å²) in [6, 6.07) is 7.02. The highest BCUT2D eigenvalue weighted by Gasteiger charge is 2.25. The fourth-order valence-electron chi connectivity index (χ4n) is 1.36. The lowest BCUT2D eigenvalue weighted by Gasteiger charge is -2.29. The molecular formula is C10H13NO3. The number of hydrogen-bond acceptors (Lipinski definition) is 4. The fourth-order valence-corrected chi connectivity index (χ4v) is 1.36. The maximum Gasteiger partial charge on any atom is 0.161 e. The standard InChI is InChI=1S/C10H13NO3/c11-7(5-12)10-6-13-8-3-1-2-4-9(8)14-10/h1-4,7,10,12H,5-6,11H2. The average molecular weight is 195 g/mol. The van der Waals surface area contributed by atoms with Gasteiger partial charge in [0.1, 0.15) is 12.7 Å². The molecule has 0 saturated heterocycles. The Hall–Kier alpha value is -1.26. The van der Waals surface area contributed by atoms with Crippen molar-refractivity contribution in [2.24, 2.45) is 5.73 Å². The number of aliphatic hydroxyl groups is 1. The molecule has 2 unspecified atom stereocenters. The van der Waals surface area contributed by atoms with E-state index in [1.54, 1.807) is 0 Å². The minimum absolute atomic E-state index is 0.101. The molecule has 0 fully saturated rings. The molecule has 0 spiro atoms. The van der Waals surface area contributed by atoms with E-state index < -0.39 is 6.04 Å². The van der Waals surface area contributed by atoms with Crippen LogP contribution in [-0.2, 0) is 0 Å². The highest BCUT2D eigenvalue weighted by molar-refractivity contribution is 5.40. The molecule has 1 aliphatic heterocycles. The minimum Gasteiger partial charge on any atom is -0.486 e. The molecule has 2 rings (SSSR count). The van der Waals surface area contributed by atoms with Crippen LogP contribution in [-0.4, -0.2) is 30.5 Å². The number of aliphatic hydroxyl groups excluding tert-OH is 1. The average Bonchev–Trinajstić information content (AvgIpc) is 2.27. The maximum atomic E-state index is 8.87. The number of nitrogens with two attached hydrogens (primary N) is 1. The van der Waals surface area contributed by atoms with Crippen LogP contribution in [0.4, 0.5) is 0 Å². The van der Waals surface area contributed by atoms with E-state index >= 15 is 0 Å². The van der Waals surface area contributed by atoms with Crippen LogP contribution >= 0.6 is 0 Å². The first kappa shape index (κ1) is 9.30. The summed E-state index contributed by atoms with van der Waals surface area (Å²) in [5.74, 6) is 1.42. The Labute approximate surface area is 82.2 Å². The SMILES string of the molecule is NC(CO)C1COc2ccccc2O1. The summed E-state index contributed by atoms with van der Waals surface area (Å²) < 4.78 is 11.0. The first-order chi connectivity index (χ1) is 6.81. The second kappa shape index (κ2) is 3.86. The van der Waals surface area contributed by atoms with Gasteiger partial charge in [-0.15, -0.1) is 0 Å². The van der Waals surface area contributed by atoms with Gasteiger partial charge in [-0.05, 0) is 12.1 Å². The Balaban J connectivity index is 2.13. The summed E-state index contributed by atoms with van der Waals surface area (Å²) in [6.45, 7) is 0.287. The van der Waals surface area contributed by atoms with Crippen molar-refractivity contribution in [3.05, 3.63) is 24.3 Å². The Kier molecular flexibility index (Phi) is 2.56. The molecule has 76 valence electrons. The molecule has 4 heteroatoms. The molecule has 3 N–H and O–H groups in total. The molecule has 1 aliphatic rings. The van der Waals surface area contributed by atoms with E-state index in [2.05, 4.69) is 0 Å². The summed E-state index contributed by atoms with van der Waals surface area (Å²) in [5, 5.41) is 8.87. The first-order valence-corrected chi connectivity index (χ1v) is 4.56. The summed E-state index contributed by atoms with van der Waals surface area (Å²) in [7, 11) is 0. The lowest BCUT2D eigenvalue weighted by molar-refractivity contribution is 0.0547. The Morgan fingerprint density at radius 3 is 2.86 bits per heavy atom. The topological polar surface area (TPSA) is 64.7 Å². The smallest absolute Gasteiger partial charge is 0.161 e. The lowest BCUT2D eigenvalue weighted by Crippen LogP contribution is -2.46. The predicted octanol–water partition coefficient (Wildman–Crippen LogP) is 0.146. The van der Waals surface area contributed by atoms with Crippen LogP contribution in [0.5, 0.6) is 11.5 Å². The third kappa shape index (κ3) is 1.66. The van der Waals surface area contributed by atoms with E-state index in [1.165, 1.54) is 0 Å². The molecule has 1 aromatic rings. The molecule has 0 aromatic heterocycles. The van der Waals surface area contributed by atoms with E-state index in [9.17, 15) is 0 Å². The van der Waals surface area contributed by atoms with Crippen LogP contribution in [0.2, 0.25) is 0 Å². The molecule has 0 aliphatic carbocycles. The third-order valence-corrected chi connectivity index (χ3v) is 2.22. The van der Waals surface area contributed by atoms with E-state index in [1.807, 2.05) is 24.3 Å². The molecule has 1 heterocycles. The monoisotopic (exact) mass is 195 g/mol. The third-order valence-electron chi connectivity index (χ3n) is 2.22. The van der Waals surface area contributed by atoms with Crippen molar-refractivity contribution in [1.29, 1.82) is 0 Å². The van der Waals surface area contributed by atoms with Crippen molar-refractivity contribution in [1.82, 2.24) is 0 Å². The number of ether oxygens (including phenoxy) is 2. The van der Waals surface area contributed by atoms with Gasteiger partial charge in [-0.1, -0.05) is 12.1 Å². The summed E-state index contributed by atoms with van der Waals surface area (Å²) in [5.41, 5.74) is 5.65. The van der Waals surface area contributed by atoms with E-state index in [0.29, 0.717) is 12.4 Å². The number of para-hydroxylation sites is 2. The van der Waals surface area contributed by atoms with Gasteiger partial charge in [0.2, 0.25) is 0 Å². The van der Waals surface area contributed by atoms with Gasteiger partial charge in [0.25, 0.3) is 0 Å². The molecular weight excluding hydrogens is 182 g/mol. The molecule has 0 bridgehead atoms. The number of fused-ring (bicyclic) bond motifs is 1. The number of rotatable bonds is 2. The van der Waals surface area contributed by atoms with Crippen LogP contribution in [0.3, 0.4) is 0 Å². The van der Waals surface area contributed by atoms with Gasteiger partial charge in [-0.25, -0.2) is 0 Å². The van der Waals surface area contributed by atoms with Gasteiger partial charge in [0.05, 0.1) is 12.6 Å². The van der Waals surface area contributed by atoms with Crippen LogP contribution < -0.4 is 15.2 Å². The van der Waals surface area contributed by atoms with Crippen LogP contribution in [0.25, 0.3) is 0 Å². The van der Waals surface area contributed by atoms with Crippen molar-refractivity contribution in [3.63, 3.8) is 0 Å². The van der Waals surface area contributed by atoms with Crippen molar-refractivity contribution >= 4 is 0 Å². The molecule has 1 aromatic carbocycles. The second-order valence-corrected chi connectivity index (χ2v) is 3.26. The van der Waals surface area contributed by atoms with Crippen LogP contribution in [0.15, 0.2) is 24.3 Å². The maximum absolute atomic E-state index is 8.87. The quantitative estimate of drug-likeness (QED) is 0.704. The first-order valence-electron chi connectivity index (χ1n) is 4.56. The zero-order valence-electron chi connectivity index (χ0n) is 7.72. The molecule has 14 heavy (non-hydrogen) atoms. The van der Waals surface area contributed by atoms with Gasteiger partial charge >= 0.3 is 0 Å². The fraction of sp³-hybridized carbons (Fsp3) is 0.400. The van der Waals surface area contributed by atoms with E-state index in [0.717, 1.165) is 5.75 Å². The van der Waals surface area contributed by atoms with Gasteiger partial charge in [-0.2, -0.15) is 0 Å². The van der Waals surface area contributed by atoms with Gasteiger partial charge in [0, 0.05) is 0 Å². The van der Waals surface area contributed by atoms with Crippen molar-refractivity contribution in [2.75, 3.05) is 13.2 Å². The van der Waals surface area contributed by atoms with Crippen LogP contribution in [0, 0.1) is 0 Å². The molecule has 0 saturated carbocycles. The molecule has 0 amide bonds. The molecule has 0 radical (unpaired) electrons. The van der Waals surface area contributed by atoms with Crippen molar-refractivity contribution < 1.29 is 14.6 Å². The van der Waals surface area contributed by atoms with Crippen molar-refractivity contribution in [3.8, 4) is 11.5 Å². The minimum atomic E-state index is -0.400. The normalized spacial score (nSPS) is 21.7. The number of hydrogen-bond donors (Lipinski definition) is 2. The lowest BCUT2D eigenvalue weighted by atomic mass is 10.1.